The highest BCUT2D eigenvalue weighted by molar-refractivity contribution is 5.79. The van der Waals surface area contributed by atoms with Gasteiger partial charge in [0.2, 0.25) is 11.8 Å². The van der Waals surface area contributed by atoms with E-state index in [4.69, 9.17) is 0 Å². The zero-order chi connectivity index (χ0) is 18.7. The molecule has 26 heavy (non-hydrogen) atoms. The van der Waals surface area contributed by atoms with Gasteiger partial charge in [-0.25, -0.2) is 4.98 Å². The molecule has 2 aliphatic heterocycles. The standard InChI is InChI=1S/C18H26N4O4/c1-13-19-10-14(17(26)20-13)9-16(25)21-6-2-4-18(11-21)5-3-15(24)22(12-18)7-8-23/h10,23H,2-9,11-12H2,1H3,(H,19,20,26)/t18-/m0/s1. The minimum absolute atomic E-state index is 0.0397. The van der Waals surface area contributed by atoms with Gasteiger partial charge in [0, 0.05) is 49.8 Å². The Hall–Kier alpha value is -2.22. The first-order valence-electron chi connectivity index (χ1n) is 9.14. The maximum Gasteiger partial charge on any atom is 0.254 e. The normalized spacial score (nSPS) is 23.5. The Morgan fingerprint density at radius 3 is 2.88 bits per heavy atom. The molecule has 0 bridgehead atoms. The van der Waals surface area contributed by atoms with E-state index in [-0.39, 0.29) is 35.8 Å². The number of rotatable bonds is 4. The highest BCUT2D eigenvalue weighted by Gasteiger charge is 2.42. The van der Waals surface area contributed by atoms with Gasteiger partial charge >= 0.3 is 0 Å². The van der Waals surface area contributed by atoms with E-state index < -0.39 is 0 Å². The maximum atomic E-state index is 12.7. The second-order valence-electron chi connectivity index (χ2n) is 7.46. The highest BCUT2D eigenvalue weighted by Crippen LogP contribution is 2.38. The summed E-state index contributed by atoms with van der Waals surface area (Å²) in [4.78, 5) is 46.9. The highest BCUT2D eigenvalue weighted by atomic mass is 16.3. The Balaban J connectivity index is 1.68. The van der Waals surface area contributed by atoms with Crippen molar-refractivity contribution in [3.05, 3.63) is 27.9 Å². The predicted octanol–water partition coefficient (Wildman–Crippen LogP) is -0.156. The molecule has 2 amide bonds. The molecule has 1 aromatic rings. The quantitative estimate of drug-likeness (QED) is 0.774. The number of carbonyl (C=O) groups is 2. The van der Waals surface area contributed by atoms with Crippen LogP contribution in [-0.4, -0.2) is 69.5 Å². The van der Waals surface area contributed by atoms with Crippen molar-refractivity contribution in [3.63, 3.8) is 0 Å². The number of H-pyrrole nitrogens is 1. The zero-order valence-electron chi connectivity index (χ0n) is 15.2. The van der Waals surface area contributed by atoms with Crippen LogP contribution in [0.1, 0.15) is 37.1 Å². The van der Waals surface area contributed by atoms with Crippen molar-refractivity contribution in [2.45, 2.75) is 39.0 Å². The van der Waals surface area contributed by atoms with Gasteiger partial charge in [-0.15, -0.1) is 0 Å². The summed E-state index contributed by atoms with van der Waals surface area (Å²) in [6.07, 6.45) is 4.59. The number of aliphatic hydroxyl groups is 1. The smallest absolute Gasteiger partial charge is 0.254 e. The molecule has 2 fully saturated rings. The minimum Gasteiger partial charge on any atom is -0.395 e. The summed E-state index contributed by atoms with van der Waals surface area (Å²) < 4.78 is 0. The first-order valence-corrected chi connectivity index (χ1v) is 9.14. The van der Waals surface area contributed by atoms with Gasteiger partial charge < -0.3 is 19.9 Å². The fourth-order valence-electron chi connectivity index (χ4n) is 4.09. The van der Waals surface area contributed by atoms with Gasteiger partial charge in [-0.3, -0.25) is 14.4 Å². The van der Waals surface area contributed by atoms with Crippen molar-refractivity contribution in [3.8, 4) is 0 Å². The Morgan fingerprint density at radius 1 is 1.35 bits per heavy atom. The van der Waals surface area contributed by atoms with Crippen molar-refractivity contribution < 1.29 is 14.7 Å². The fourth-order valence-corrected chi connectivity index (χ4v) is 4.09. The lowest BCUT2D eigenvalue weighted by atomic mass is 9.73. The van der Waals surface area contributed by atoms with Crippen molar-refractivity contribution >= 4 is 11.8 Å². The SMILES string of the molecule is Cc1ncc(CC(=O)N2CCC[C@]3(CCC(=O)N(CCO)C3)C2)c(=O)[nH]1. The van der Waals surface area contributed by atoms with Crippen LogP contribution < -0.4 is 5.56 Å². The third-order valence-corrected chi connectivity index (χ3v) is 5.47. The average molecular weight is 362 g/mol. The van der Waals surface area contributed by atoms with E-state index in [0.29, 0.717) is 44.0 Å². The Kier molecular flexibility index (Phi) is 5.41. The molecule has 1 atom stereocenters. The lowest BCUT2D eigenvalue weighted by molar-refractivity contribution is -0.143. The van der Waals surface area contributed by atoms with Crippen LogP contribution in [0.15, 0.2) is 11.0 Å². The van der Waals surface area contributed by atoms with Crippen LogP contribution >= 0.6 is 0 Å². The summed E-state index contributed by atoms with van der Waals surface area (Å²) in [6.45, 7) is 3.85. The predicted molar refractivity (Wildman–Crippen MR) is 94.4 cm³/mol. The summed E-state index contributed by atoms with van der Waals surface area (Å²) in [5, 5.41) is 9.18. The number of β-amino-alcohol motifs (C(OH)–C–C–N with tert-alkyl or cyclic N) is 1. The molecule has 0 unspecified atom stereocenters. The first kappa shape index (κ1) is 18.6. The van der Waals surface area contributed by atoms with E-state index in [1.807, 2.05) is 4.90 Å². The molecule has 3 heterocycles. The van der Waals surface area contributed by atoms with Gasteiger partial charge in [0.15, 0.2) is 0 Å². The number of hydrogen-bond acceptors (Lipinski definition) is 5. The second kappa shape index (κ2) is 7.57. The van der Waals surface area contributed by atoms with E-state index in [1.54, 1.807) is 11.8 Å². The molecule has 1 aromatic heterocycles. The largest absolute Gasteiger partial charge is 0.395 e. The van der Waals surface area contributed by atoms with Crippen LogP contribution in [-0.2, 0) is 16.0 Å². The zero-order valence-corrected chi connectivity index (χ0v) is 15.2. The second-order valence-corrected chi connectivity index (χ2v) is 7.46. The molecule has 3 rings (SSSR count). The Bertz CT molecular complexity index is 747. The summed E-state index contributed by atoms with van der Waals surface area (Å²) in [5.74, 6) is 0.523. The number of aryl methyl sites for hydroxylation is 1. The summed E-state index contributed by atoms with van der Waals surface area (Å²) >= 11 is 0. The van der Waals surface area contributed by atoms with Crippen LogP contribution in [0.25, 0.3) is 0 Å². The molecule has 0 aliphatic carbocycles. The van der Waals surface area contributed by atoms with Gasteiger partial charge in [-0.2, -0.15) is 0 Å². The number of nitrogens with zero attached hydrogens (tertiary/aromatic N) is 3. The van der Waals surface area contributed by atoms with E-state index in [9.17, 15) is 19.5 Å². The average Bonchev–Trinajstić information content (AvgIpc) is 2.61. The lowest BCUT2D eigenvalue weighted by Gasteiger charge is -2.48. The van der Waals surface area contributed by atoms with Crippen molar-refractivity contribution in [2.24, 2.45) is 5.41 Å². The Labute approximate surface area is 152 Å². The van der Waals surface area contributed by atoms with E-state index in [0.717, 1.165) is 19.3 Å². The fraction of sp³-hybridized carbons (Fsp3) is 0.667. The molecule has 0 aromatic carbocycles. The minimum atomic E-state index is -0.269. The molecule has 8 nitrogen and oxygen atoms in total. The van der Waals surface area contributed by atoms with Crippen molar-refractivity contribution in [2.75, 3.05) is 32.8 Å². The molecule has 0 radical (unpaired) electrons. The number of aromatic amines is 1. The van der Waals surface area contributed by atoms with Crippen molar-refractivity contribution in [1.82, 2.24) is 19.8 Å². The molecule has 2 N–H and O–H groups in total. The number of aliphatic hydroxyl groups excluding tert-OH is 1. The van der Waals surface area contributed by atoms with Gasteiger partial charge in [-0.1, -0.05) is 0 Å². The maximum absolute atomic E-state index is 12.7. The van der Waals surface area contributed by atoms with Gasteiger partial charge in [0.25, 0.3) is 5.56 Å². The number of carbonyl (C=O) groups excluding carboxylic acids is 2. The third-order valence-electron chi connectivity index (χ3n) is 5.47. The third kappa shape index (κ3) is 3.95. The summed E-state index contributed by atoms with van der Waals surface area (Å²) in [5.41, 5.74) is 0.00508. The van der Waals surface area contributed by atoms with Crippen LogP contribution in [0.4, 0.5) is 0 Å². The molecular formula is C18H26N4O4. The monoisotopic (exact) mass is 362 g/mol. The van der Waals surface area contributed by atoms with Crippen molar-refractivity contribution in [1.29, 1.82) is 0 Å². The van der Waals surface area contributed by atoms with Crippen LogP contribution in [0.5, 0.6) is 0 Å². The number of likely N-dealkylation sites (tertiary alicyclic amines) is 2. The van der Waals surface area contributed by atoms with E-state index in [2.05, 4.69) is 9.97 Å². The Morgan fingerprint density at radius 2 is 2.15 bits per heavy atom. The molecule has 2 saturated heterocycles. The summed E-state index contributed by atoms with van der Waals surface area (Å²) in [6, 6.07) is 0. The molecular weight excluding hydrogens is 336 g/mol. The summed E-state index contributed by atoms with van der Waals surface area (Å²) in [7, 11) is 0. The van der Waals surface area contributed by atoms with E-state index >= 15 is 0 Å². The molecule has 1 spiro atoms. The van der Waals surface area contributed by atoms with Gasteiger partial charge in [-0.05, 0) is 26.2 Å². The molecule has 142 valence electrons. The lowest BCUT2D eigenvalue weighted by Crippen LogP contribution is -2.55. The van der Waals surface area contributed by atoms with Gasteiger partial charge in [0.1, 0.15) is 5.82 Å². The van der Waals surface area contributed by atoms with Crippen LogP contribution in [0, 0.1) is 12.3 Å². The molecule has 2 aliphatic rings. The molecule has 8 heteroatoms. The number of aromatic nitrogens is 2. The first-order chi connectivity index (χ1) is 12.4. The number of nitrogens with one attached hydrogen (secondary N) is 1. The number of hydrogen-bond donors (Lipinski definition) is 2. The number of amides is 2. The van der Waals surface area contributed by atoms with Gasteiger partial charge in [0.05, 0.1) is 13.0 Å². The molecule has 0 saturated carbocycles. The van der Waals surface area contributed by atoms with E-state index in [1.165, 1.54) is 6.20 Å². The topological polar surface area (TPSA) is 107 Å². The number of piperidine rings is 2. The van der Waals surface area contributed by atoms with Crippen LogP contribution in [0.2, 0.25) is 0 Å². The van der Waals surface area contributed by atoms with Crippen LogP contribution in [0.3, 0.4) is 0 Å².